The quantitative estimate of drug-likeness (QED) is 0.496. The van der Waals surface area contributed by atoms with Gasteiger partial charge in [0.15, 0.2) is 0 Å². The number of phenolic OH excluding ortho intramolecular Hbond substituents is 1. The number of hydrogen-bond donors (Lipinski definition) is 2. The summed E-state index contributed by atoms with van der Waals surface area (Å²) in [5.41, 5.74) is 7.60. The largest absolute Gasteiger partial charge is 0.508 e. The number of nitrogens with two attached hydrogens (primary N) is 1. The molecule has 1 rings (SSSR count). The fraction of sp³-hybridized carbons (Fsp3) is 0.600. The Morgan fingerprint density at radius 1 is 0.909 bits per heavy atom. The van der Waals surface area contributed by atoms with Gasteiger partial charge in [0.25, 0.3) is 0 Å². The van der Waals surface area contributed by atoms with E-state index in [1.165, 1.54) is 63.4 Å². The molecule has 22 heavy (non-hydrogen) atoms. The summed E-state index contributed by atoms with van der Waals surface area (Å²) >= 11 is 0. The van der Waals surface area contributed by atoms with Crippen LogP contribution in [0.2, 0.25) is 0 Å². The van der Waals surface area contributed by atoms with Gasteiger partial charge in [0.1, 0.15) is 5.75 Å². The Balaban J connectivity index is 1.96. The Kier molecular flexibility index (Phi) is 10.5. The molecule has 1 aromatic carbocycles. The summed E-state index contributed by atoms with van der Waals surface area (Å²) in [6, 6.07) is 5.75. The summed E-state index contributed by atoms with van der Waals surface area (Å²) in [7, 11) is 0. The average Bonchev–Trinajstić information content (AvgIpc) is 2.52. The van der Waals surface area contributed by atoms with Crippen molar-refractivity contribution in [2.24, 2.45) is 5.73 Å². The SMILES string of the molecule is Cc1cc(C=CCCCCCCCCCCCN)ccc1O. The van der Waals surface area contributed by atoms with Gasteiger partial charge in [-0.05, 0) is 56.0 Å². The highest BCUT2D eigenvalue weighted by Gasteiger charge is 1.95. The second-order valence-electron chi connectivity index (χ2n) is 6.21. The smallest absolute Gasteiger partial charge is 0.118 e. The van der Waals surface area contributed by atoms with Crippen LogP contribution in [0.15, 0.2) is 24.3 Å². The summed E-state index contributed by atoms with van der Waals surface area (Å²) in [4.78, 5) is 0. The van der Waals surface area contributed by atoms with E-state index in [0.29, 0.717) is 5.75 Å². The highest BCUT2D eigenvalue weighted by molar-refractivity contribution is 5.52. The van der Waals surface area contributed by atoms with Gasteiger partial charge in [-0.3, -0.25) is 0 Å². The van der Waals surface area contributed by atoms with Crippen LogP contribution in [0.3, 0.4) is 0 Å². The van der Waals surface area contributed by atoms with Crippen molar-refractivity contribution in [3.8, 4) is 5.75 Å². The molecule has 0 spiro atoms. The lowest BCUT2D eigenvalue weighted by atomic mass is 10.1. The zero-order chi connectivity index (χ0) is 16.0. The van der Waals surface area contributed by atoms with E-state index in [9.17, 15) is 5.11 Å². The third-order valence-corrected chi connectivity index (χ3v) is 4.11. The van der Waals surface area contributed by atoms with Crippen molar-refractivity contribution in [1.82, 2.24) is 0 Å². The van der Waals surface area contributed by atoms with E-state index < -0.39 is 0 Å². The summed E-state index contributed by atoms with van der Waals surface area (Å²) in [6.07, 6.45) is 17.5. The zero-order valence-corrected chi connectivity index (χ0v) is 14.2. The van der Waals surface area contributed by atoms with Crippen LogP contribution in [0, 0.1) is 6.92 Å². The summed E-state index contributed by atoms with van der Waals surface area (Å²) < 4.78 is 0. The fourth-order valence-electron chi connectivity index (χ4n) is 2.65. The van der Waals surface area contributed by atoms with Gasteiger partial charge >= 0.3 is 0 Å². The predicted molar refractivity (Wildman–Crippen MR) is 97.1 cm³/mol. The second kappa shape index (κ2) is 12.3. The Hall–Kier alpha value is -1.28. The first kappa shape index (κ1) is 18.8. The van der Waals surface area contributed by atoms with Crippen molar-refractivity contribution in [2.75, 3.05) is 6.54 Å². The van der Waals surface area contributed by atoms with Gasteiger partial charge in [0, 0.05) is 0 Å². The van der Waals surface area contributed by atoms with Crippen molar-refractivity contribution in [2.45, 2.75) is 71.1 Å². The molecular formula is C20H33NO. The molecule has 0 saturated carbocycles. The van der Waals surface area contributed by atoms with Crippen LogP contribution in [0.25, 0.3) is 6.08 Å². The number of unbranched alkanes of at least 4 members (excludes halogenated alkanes) is 9. The van der Waals surface area contributed by atoms with Crippen LogP contribution in [-0.2, 0) is 0 Å². The molecule has 0 fully saturated rings. The molecule has 0 aliphatic carbocycles. The van der Waals surface area contributed by atoms with E-state index in [4.69, 9.17) is 5.73 Å². The van der Waals surface area contributed by atoms with Gasteiger partial charge < -0.3 is 10.8 Å². The molecule has 0 radical (unpaired) electrons. The number of aryl methyl sites for hydroxylation is 1. The molecule has 1 aromatic rings. The van der Waals surface area contributed by atoms with E-state index >= 15 is 0 Å². The molecule has 0 aromatic heterocycles. The van der Waals surface area contributed by atoms with Crippen LogP contribution < -0.4 is 5.73 Å². The van der Waals surface area contributed by atoms with Crippen LogP contribution in [0.4, 0.5) is 0 Å². The number of hydrogen-bond acceptors (Lipinski definition) is 2. The second-order valence-corrected chi connectivity index (χ2v) is 6.21. The van der Waals surface area contributed by atoms with Gasteiger partial charge in [0.05, 0.1) is 0 Å². The lowest BCUT2D eigenvalue weighted by Crippen LogP contribution is -1.97. The van der Waals surface area contributed by atoms with E-state index in [-0.39, 0.29) is 0 Å². The summed E-state index contributed by atoms with van der Waals surface area (Å²) in [5.74, 6) is 0.375. The normalized spacial score (nSPS) is 11.4. The minimum atomic E-state index is 0.375. The Labute approximate surface area is 136 Å². The maximum atomic E-state index is 9.49. The lowest BCUT2D eigenvalue weighted by molar-refractivity contribution is 0.471. The molecule has 0 aliphatic heterocycles. The monoisotopic (exact) mass is 303 g/mol. The first-order chi connectivity index (χ1) is 10.7. The predicted octanol–water partition coefficient (Wildman–Crippen LogP) is 5.57. The maximum absolute atomic E-state index is 9.49. The summed E-state index contributed by atoms with van der Waals surface area (Å²) in [5, 5.41) is 9.49. The number of rotatable bonds is 12. The van der Waals surface area contributed by atoms with E-state index in [1.807, 2.05) is 19.1 Å². The molecule has 0 atom stereocenters. The molecule has 0 bridgehead atoms. The third-order valence-electron chi connectivity index (χ3n) is 4.11. The van der Waals surface area contributed by atoms with Crippen molar-refractivity contribution in [3.05, 3.63) is 35.4 Å². The molecular weight excluding hydrogens is 270 g/mol. The topological polar surface area (TPSA) is 46.2 Å². The van der Waals surface area contributed by atoms with Crippen LogP contribution in [0.5, 0.6) is 5.75 Å². The number of allylic oxidation sites excluding steroid dienone is 1. The Bertz CT molecular complexity index is 426. The number of benzene rings is 1. The Morgan fingerprint density at radius 3 is 2.09 bits per heavy atom. The first-order valence-electron chi connectivity index (χ1n) is 8.90. The van der Waals surface area contributed by atoms with Gasteiger partial charge in [-0.25, -0.2) is 0 Å². The van der Waals surface area contributed by atoms with Crippen molar-refractivity contribution >= 4 is 6.08 Å². The molecule has 2 heteroatoms. The molecule has 124 valence electrons. The minimum Gasteiger partial charge on any atom is -0.508 e. The number of phenols is 1. The first-order valence-corrected chi connectivity index (χ1v) is 8.90. The highest BCUT2D eigenvalue weighted by atomic mass is 16.3. The zero-order valence-electron chi connectivity index (χ0n) is 14.2. The van der Waals surface area contributed by atoms with Crippen LogP contribution in [-0.4, -0.2) is 11.7 Å². The highest BCUT2D eigenvalue weighted by Crippen LogP contribution is 2.18. The molecule has 0 amide bonds. The molecule has 0 saturated heterocycles. The van der Waals surface area contributed by atoms with Crippen molar-refractivity contribution in [1.29, 1.82) is 0 Å². The fourth-order valence-corrected chi connectivity index (χ4v) is 2.65. The minimum absolute atomic E-state index is 0.375. The third kappa shape index (κ3) is 8.89. The molecule has 0 heterocycles. The van der Waals surface area contributed by atoms with Crippen molar-refractivity contribution < 1.29 is 5.11 Å². The maximum Gasteiger partial charge on any atom is 0.118 e. The Morgan fingerprint density at radius 2 is 1.50 bits per heavy atom. The molecule has 2 nitrogen and oxygen atoms in total. The van der Waals surface area contributed by atoms with Gasteiger partial charge in [-0.1, -0.05) is 63.2 Å². The molecule has 0 aliphatic rings. The van der Waals surface area contributed by atoms with Crippen LogP contribution >= 0.6 is 0 Å². The number of aromatic hydroxyl groups is 1. The van der Waals surface area contributed by atoms with E-state index in [2.05, 4.69) is 12.2 Å². The van der Waals surface area contributed by atoms with E-state index in [1.54, 1.807) is 6.07 Å². The molecule has 0 unspecified atom stereocenters. The molecule has 3 N–H and O–H groups in total. The van der Waals surface area contributed by atoms with Crippen LogP contribution in [0.1, 0.15) is 75.3 Å². The lowest BCUT2D eigenvalue weighted by Gasteiger charge is -2.01. The van der Waals surface area contributed by atoms with Gasteiger partial charge in [0.2, 0.25) is 0 Å². The summed E-state index contributed by atoms with van der Waals surface area (Å²) in [6.45, 7) is 2.78. The standard InChI is InChI=1S/C20H33NO/c1-18-17-19(14-15-20(18)22)13-11-9-7-5-3-2-4-6-8-10-12-16-21/h11,13-15,17,22H,2-10,12,16,21H2,1H3. The van der Waals surface area contributed by atoms with Gasteiger partial charge in [-0.2, -0.15) is 0 Å². The van der Waals surface area contributed by atoms with E-state index in [0.717, 1.165) is 18.5 Å². The van der Waals surface area contributed by atoms with Gasteiger partial charge in [-0.15, -0.1) is 0 Å². The average molecular weight is 303 g/mol. The van der Waals surface area contributed by atoms with Crippen molar-refractivity contribution in [3.63, 3.8) is 0 Å².